The van der Waals surface area contributed by atoms with E-state index in [1.54, 1.807) is 43.3 Å². The van der Waals surface area contributed by atoms with Crippen LogP contribution in [-0.4, -0.2) is 20.6 Å². The van der Waals surface area contributed by atoms with Gasteiger partial charge in [0, 0.05) is 12.6 Å². The Kier molecular flexibility index (Phi) is 6.97. The Morgan fingerprint density at radius 3 is 2.23 bits per heavy atom. The highest BCUT2D eigenvalue weighted by Gasteiger charge is 2.25. The van der Waals surface area contributed by atoms with Crippen molar-refractivity contribution in [2.45, 2.75) is 38.4 Å². The molecule has 0 aromatic heterocycles. The number of carbonyl (C=O) groups excluding carboxylic acids is 1. The van der Waals surface area contributed by atoms with Crippen molar-refractivity contribution in [3.8, 4) is 0 Å². The number of carbonyl (C=O) groups is 1. The predicted molar refractivity (Wildman–Crippen MR) is 122 cm³/mol. The minimum atomic E-state index is -3.81. The molecule has 0 radical (unpaired) electrons. The molecule has 0 bridgehead atoms. The quantitative estimate of drug-likeness (QED) is 0.407. The van der Waals surface area contributed by atoms with Crippen molar-refractivity contribution in [1.29, 1.82) is 0 Å². The van der Waals surface area contributed by atoms with Gasteiger partial charge in [-0.2, -0.15) is 0 Å². The molecule has 0 aliphatic heterocycles. The molecule has 31 heavy (non-hydrogen) atoms. The summed E-state index contributed by atoms with van der Waals surface area (Å²) in [4.78, 5) is 11.4. The minimum Gasteiger partial charge on any atom is -0.442 e. The molecule has 0 aliphatic carbocycles. The van der Waals surface area contributed by atoms with Crippen molar-refractivity contribution in [2.75, 3.05) is 9.62 Å². The zero-order valence-electron chi connectivity index (χ0n) is 17.8. The maximum absolute atomic E-state index is 13.6. The van der Waals surface area contributed by atoms with E-state index < -0.39 is 22.2 Å². The highest BCUT2D eigenvalue weighted by molar-refractivity contribution is 7.92. The van der Waals surface area contributed by atoms with E-state index in [0.29, 0.717) is 11.4 Å². The average molecular weight is 439 g/mol. The number of benzene rings is 3. The zero-order chi connectivity index (χ0) is 22.4. The lowest BCUT2D eigenvalue weighted by atomic mass is 10.1. The van der Waals surface area contributed by atoms with Crippen LogP contribution in [0.15, 0.2) is 83.8 Å². The van der Waals surface area contributed by atoms with Crippen molar-refractivity contribution in [2.24, 2.45) is 0 Å². The smallest absolute Gasteiger partial charge is 0.304 e. The van der Waals surface area contributed by atoms with Crippen LogP contribution in [0.2, 0.25) is 0 Å². The Morgan fingerprint density at radius 2 is 1.61 bits per heavy atom. The topological polar surface area (TPSA) is 75.7 Å². The van der Waals surface area contributed by atoms with Crippen LogP contribution >= 0.6 is 0 Å². The molecule has 0 aliphatic rings. The van der Waals surface area contributed by atoms with Gasteiger partial charge in [0.25, 0.3) is 10.0 Å². The maximum atomic E-state index is 13.6. The fourth-order valence-electron chi connectivity index (χ4n) is 3.29. The summed E-state index contributed by atoms with van der Waals surface area (Å²) in [6.07, 6.45) is -0.555. The molecule has 1 unspecified atom stereocenters. The van der Waals surface area contributed by atoms with Gasteiger partial charge in [-0.3, -0.25) is 9.10 Å². The molecule has 0 spiro atoms. The van der Waals surface area contributed by atoms with Gasteiger partial charge in [-0.05, 0) is 55.3 Å². The van der Waals surface area contributed by atoms with Gasteiger partial charge >= 0.3 is 5.97 Å². The Hall–Kier alpha value is -3.32. The molecule has 1 atom stereocenters. The van der Waals surface area contributed by atoms with Crippen molar-refractivity contribution in [3.63, 3.8) is 0 Å². The fraction of sp³-hybridized carbons (Fsp3) is 0.208. The van der Waals surface area contributed by atoms with Crippen LogP contribution in [0.1, 0.15) is 25.0 Å². The lowest BCUT2D eigenvalue weighted by molar-refractivity contribution is -0.144. The van der Waals surface area contributed by atoms with Gasteiger partial charge in [0.2, 0.25) is 0 Å². The van der Waals surface area contributed by atoms with Gasteiger partial charge in [-0.1, -0.05) is 48.5 Å². The molecule has 6 nitrogen and oxygen atoms in total. The summed E-state index contributed by atoms with van der Waals surface area (Å²) in [5.41, 5.74) is 2.91. The van der Waals surface area contributed by atoms with E-state index in [9.17, 15) is 13.2 Å². The molecule has 3 aromatic carbocycles. The van der Waals surface area contributed by atoms with Crippen molar-refractivity contribution in [1.82, 2.24) is 0 Å². The number of aryl methyl sites for hydroxylation is 1. The standard InChI is InChI=1S/C24H26N2O4S/c1-18-14-22(25-19(2)30-20(3)27)16-23(15-18)26(17-21-10-6-4-7-11-21)31(28,29)24-12-8-5-9-13-24/h4-16,19,25H,17H2,1-3H3. The number of esters is 1. The van der Waals surface area contributed by atoms with Gasteiger partial charge in [0.05, 0.1) is 17.1 Å². The van der Waals surface area contributed by atoms with Gasteiger partial charge in [0.1, 0.15) is 0 Å². The van der Waals surface area contributed by atoms with E-state index in [1.165, 1.54) is 11.2 Å². The van der Waals surface area contributed by atoms with Crippen LogP contribution in [0.3, 0.4) is 0 Å². The second kappa shape index (κ2) is 9.66. The Morgan fingerprint density at radius 1 is 1.00 bits per heavy atom. The SMILES string of the molecule is CC(=O)OC(C)Nc1cc(C)cc(N(Cc2ccccc2)S(=O)(=O)c2ccccc2)c1. The third kappa shape index (κ3) is 5.86. The summed E-state index contributed by atoms with van der Waals surface area (Å²) in [6, 6.07) is 23.3. The lowest BCUT2D eigenvalue weighted by Gasteiger charge is -2.26. The van der Waals surface area contributed by atoms with Crippen LogP contribution in [0.25, 0.3) is 0 Å². The predicted octanol–water partition coefficient (Wildman–Crippen LogP) is 4.71. The van der Waals surface area contributed by atoms with Crippen molar-refractivity contribution in [3.05, 3.63) is 90.0 Å². The molecule has 0 fully saturated rings. The van der Waals surface area contributed by atoms with E-state index in [-0.39, 0.29) is 11.4 Å². The third-order valence-electron chi connectivity index (χ3n) is 4.56. The van der Waals surface area contributed by atoms with E-state index in [0.717, 1.165) is 11.1 Å². The highest BCUT2D eigenvalue weighted by Crippen LogP contribution is 2.30. The van der Waals surface area contributed by atoms with E-state index >= 15 is 0 Å². The normalized spacial score (nSPS) is 12.1. The molecular weight excluding hydrogens is 412 g/mol. The van der Waals surface area contributed by atoms with Gasteiger partial charge in [0.15, 0.2) is 6.23 Å². The average Bonchev–Trinajstić information content (AvgIpc) is 2.72. The largest absolute Gasteiger partial charge is 0.442 e. The van der Waals surface area contributed by atoms with E-state index in [1.807, 2.05) is 49.4 Å². The highest BCUT2D eigenvalue weighted by atomic mass is 32.2. The Bertz CT molecular complexity index is 1130. The van der Waals surface area contributed by atoms with Crippen LogP contribution in [-0.2, 0) is 26.1 Å². The van der Waals surface area contributed by atoms with Crippen LogP contribution in [0.4, 0.5) is 11.4 Å². The fourth-order valence-corrected chi connectivity index (χ4v) is 4.74. The number of hydrogen-bond acceptors (Lipinski definition) is 5. The number of anilines is 2. The number of nitrogens with zero attached hydrogens (tertiary/aromatic N) is 1. The number of rotatable bonds is 8. The minimum absolute atomic E-state index is 0.181. The number of hydrogen-bond donors (Lipinski definition) is 1. The monoisotopic (exact) mass is 438 g/mol. The molecule has 1 N–H and O–H groups in total. The molecule has 3 rings (SSSR count). The van der Waals surface area contributed by atoms with Crippen LogP contribution < -0.4 is 9.62 Å². The van der Waals surface area contributed by atoms with Crippen LogP contribution in [0, 0.1) is 6.92 Å². The Labute approximate surface area is 183 Å². The van der Waals surface area contributed by atoms with Crippen molar-refractivity contribution < 1.29 is 17.9 Å². The molecular formula is C24H26N2O4S. The third-order valence-corrected chi connectivity index (χ3v) is 6.35. The molecule has 162 valence electrons. The first-order valence-electron chi connectivity index (χ1n) is 9.93. The first-order chi connectivity index (χ1) is 14.8. The van der Waals surface area contributed by atoms with E-state index in [4.69, 9.17) is 4.74 Å². The molecule has 0 saturated carbocycles. The summed E-state index contributed by atoms with van der Waals surface area (Å²) in [5, 5.41) is 3.10. The van der Waals surface area contributed by atoms with Gasteiger partial charge < -0.3 is 10.1 Å². The van der Waals surface area contributed by atoms with E-state index in [2.05, 4.69) is 5.32 Å². The molecule has 0 saturated heterocycles. The van der Waals surface area contributed by atoms with Gasteiger partial charge in [-0.15, -0.1) is 0 Å². The summed E-state index contributed by atoms with van der Waals surface area (Å²) in [6.45, 7) is 5.13. The zero-order valence-corrected chi connectivity index (χ0v) is 18.6. The lowest BCUT2D eigenvalue weighted by Crippen LogP contribution is -2.31. The first-order valence-corrected chi connectivity index (χ1v) is 11.4. The summed E-state index contributed by atoms with van der Waals surface area (Å²) in [5.74, 6) is -0.398. The first kappa shape index (κ1) is 22.4. The molecule has 7 heteroatoms. The number of ether oxygens (including phenoxy) is 1. The van der Waals surface area contributed by atoms with Crippen LogP contribution in [0.5, 0.6) is 0 Å². The molecule has 0 heterocycles. The van der Waals surface area contributed by atoms with Gasteiger partial charge in [-0.25, -0.2) is 8.42 Å². The number of sulfonamides is 1. The number of nitrogens with one attached hydrogen (secondary N) is 1. The second-order valence-corrected chi connectivity index (χ2v) is 9.13. The maximum Gasteiger partial charge on any atom is 0.304 e. The summed E-state index contributed by atoms with van der Waals surface area (Å²) >= 11 is 0. The molecule has 3 aromatic rings. The summed E-state index contributed by atoms with van der Waals surface area (Å²) < 4.78 is 33.7. The summed E-state index contributed by atoms with van der Waals surface area (Å²) in [7, 11) is -3.81. The molecule has 0 amide bonds. The second-order valence-electron chi connectivity index (χ2n) is 7.26. The Balaban J connectivity index is 2.04. The van der Waals surface area contributed by atoms with Crippen molar-refractivity contribution >= 4 is 27.4 Å².